The van der Waals surface area contributed by atoms with Crippen LogP contribution in [-0.4, -0.2) is 9.13 Å². The average molecular weight is 763 g/mol. The lowest BCUT2D eigenvalue weighted by Gasteiger charge is -2.21. The lowest BCUT2D eigenvalue weighted by molar-refractivity contribution is 0.557. The zero-order valence-electron chi connectivity index (χ0n) is 36.2. The van der Waals surface area contributed by atoms with Crippen molar-refractivity contribution in [1.82, 2.24) is 9.13 Å². The molecule has 7 aromatic carbocycles. The van der Waals surface area contributed by atoms with Crippen molar-refractivity contribution in [2.24, 2.45) is 0 Å². The summed E-state index contributed by atoms with van der Waals surface area (Å²) < 4.78 is 20.2. The highest BCUT2D eigenvalue weighted by Crippen LogP contribution is 2.57. The molecule has 4 heteroatoms. The van der Waals surface area contributed by atoms with Gasteiger partial charge in [0, 0.05) is 78.4 Å². The average Bonchev–Trinajstić information content (AvgIpc) is 3.87. The number of nitrogens with zero attached hydrogens (tertiary/aromatic N) is 2. The molecule has 11 aromatic rings. The monoisotopic (exact) mass is 762 g/mol. The van der Waals surface area contributed by atoms with Crippen LogP contribution in [0, 0.1) is 0 Å². The van der Waals surface area contributed by atoms with E-state index >= 15 is 0 Å². The molecule has 0 bridgehead atoms. The van der Waals surface area contributed by atoms with E-state index in [1.54, 1.807) is 0 Å². The standard InChI is InChI=1S/C54H54N2O2/c1-51(2,3)31-23-35-39-40-36(55(35)27-29-19-15-13-16-20-29)25-33(53(7,8)9)49-45(40)46-42-38(26-34(50(46)58-49)54(10,11)12)56(28-30-21-17-14-18-22-30)37-24-32(52(4,5)6)48-44(41(37)42)43(39)47(31)57-48/h13-26H,27-28H2,1-12H3. The van der Waals surface area contributed by atoms with E-state index in [9.17, 15) is 0 Å². The van der Waals surface area contributed by atoms with Crippen molar-refractivity contribution in [3.8, 4) is 0 Å². The second kappa shape index (κ2) is 11.2. The van der Waals surface area contributed by atoms with Gasteiger partial charge in [0.15, 0.2) is 0 Å². The van der Waals surface area contributed by atoms with Gasteiger partial charge in [0.1, 0.15) is 22.3 Å². The molecule has 292 valence electrons. The topological polar surface area (TPSA) is 36.1 Å². The van der Waals surface area contributed by atoms with E-state index < -0.39 is 0 Å². The van der Waals surface area contributed by atoms with Crippen LogP contribution in [0.15, 0.2) is 93.8 Å². The Morgan fingerprint density at radius 1 is 0.345 bits per heavy atom. The van der Waals surface area contributed by atoms with Crippen molar-refractivity contribution in [1.29, 1.82) is 0 Å². The van der Waals surface area contributed by atoms with E-state index in [-0.39, 0.29) is 21.7 Å². The number of benzene rings is 6. The molecule has 0 N–H and O–H groups in total. The van der Waals surface area contributed by atoms with Gasteiger partial charge in [0.05, 0.1) is 22.1 Å². The summed E-state index contributed by atoms with van der Waals surface area (Å²) >= 11 is 0. The van der Waals surface area contributed by atoms with Gasteiger partial charge >= 0.3 is 0 Å². The highest BCUT2D eigenvalue weighted by Gasteiger charge is 2.37. The van der Waals surface area contributed by atoms with Crippen LogP contribution in [-0.2, 0) is 34.7 Å². The molecule has 0 spiro atoms. The summed E-state index contributed by atoms with van der Waals surface area (Å²) in [7, 11) is 0. The number of hydrogen-bond donors (Lipinski definition) is 0. The molecule has 4 heterocycles. The quantitative estimate of drug-likeness (QED) is 0.179. The maximum Gasteiger partial charge on any atom is 0.139 e. The first-order valence-electron chi connectivity index (χ1n) is 21.2. The second-order valence-electron chi connectivity index (χ2n) is 21.4. The molecule has 0 aliphatic rings. The molecule has 0 radical (unpaired) electrons. The van der Waals surface area contributed by atoms with E-state index in [4.69, 9.17) is 8.83 Å². The van der Waals surface area contributed by atoms with Gasteiger partial charge < -0.3 is 18.0 Å². The van der Waals surface area contributed by atoms with Crippen molar-refractivity contribution in [2.45, 2.75) is 118 Å². The fourth-order valence-electron chi connectivity index (χ4n) is 10.4. The molecular formula is C54H54N2O2. The highest BCUT2D eigenvalue weighted by atomic mass is 16.3. The Morgan fingerprint density at radius 2 is 0.586 bits per heavy atom. The number of furan rings is 2. The largest absolute Gasteiger partial charge is 0.455 e. The lowest BCUT2D eigenvalue weighted by atomic mass is 9.80. The predicted octanol–water partition coefficient (Wildman–Crippen LogP) is 15.3. The molecule has 58 heavy (non-hydrogen) atoms. The summed E-state index contributed by atoms with van der Waals surface area (Å²) in [4.78, 5) is 0. The molecule has 0 atom stereocenters. The van der Waals surface area contributed by atoms with Crippen LogP contribution in [0.3, 0.4) is 0 Å². The Morgan fingerprint density at radius 3 is 0.810 bits per heavy atom. The van der Waals surface area contributed by atoms with Gasteiger partial charge in [-0.05, 0) is 57.1 Å². The van der Waals surface area contributed by atoms with Crippen LogP contribution in [0.25, 0.3) is 87.5 Å². The smallest absolute Gasteiger partial charge is 0.139 e. The van der Waals surface area contributed by atoms with E-state index in [0.29, 0.717) is 0 Å². The van der Waals surface area contributed by atoms with Crippen LogP contribution < -0.4 is 0 Å². The summed E-state index contributed by atoms with van der Waals surface area (Å²) in [6.45, 7) is 29.6. The van der Waals surface area contributed by atoms with Gasteiger partial charge in [-0.2, -0.15) is 0 Å². The minimum absolute atomic E-state index is 0.178. The van der Waals surface area contributed by atoms with Crippen molar-refractivity contribution in [3.05, 3.63) is 118 Å². The highest BCUT2D eigenvalue weighted by molar-refractivity contribution is 6.45. The number of aromatic nitrogens is 2. The molecule has 0 amide bonds. The summed E-state index contributed by atoms with van der Waals surface area (Å²) in [5.41, 5.74) is 15.9. The van der Waals surface area contributed by atoms with Crippen LogP contribution in [0.5, 0.6) is 0 Å². The summed E-state index contributed by atoms with van der Waals surface area (Å²) in [5.74, 6) is 0. The SMILES string of the molecule is CC(C)(C)c1cc2c3c4c1oc1c(C(C)(C)C)cc5c(c14)c1c4c(oc6c(C(C)(C)C)cc(c3c64)n2Cc2ccccc2)c(C(C)(C)C)cc1n5Cc1ccccc1. The first-order chi connectivity index (χ1) is 27.3. The fraction of sp³-hybridized carbons (Fsp3) is 0.333. The van der Waals surface area contributed by atoms with Crippen molar-refractivity contribution in [2.75, 3.05) is 0 Å². The predicted molar refractivity (Wildman–Crippen MR) is 246 cm³/mol. The zero-order chi connectivity index (χ0) is 40.6. The minimum Gasteiger partial charge on any atom is -0.455 e. The van der Waals surface area contributed by atoms with Crippen LogP contribution >= 0.6 is 0 Å². The third kappa shape index (κ3) is 4.69. The molecule has 0 unspecified atom stereocenters. The lowest BCUT2D eigenvalue weighted by Crippen LogP contribution is -2.12. The Labute approximate surface area is 340 Å². The number of rotatable bonds is 4. The van der Waals surface area contributed by atoms with Crippen molar-refractivity contribution < 1.29 is 8.83 Å². The molecular weight excluding hydrogens is 709 g/mol. The minimum atomic E-state index is -0.178. The Hall–Kier alpha value is -5.48. The molecule has 0 aliphatic heterocycles. The molecule has 0 fully saturated rings. The third-order valence-corrected chi connectivity index (χ3v) is 13.2. The Kier molecular flexibility index (Phi) is 6.87. The van der Waals surface area contributed by atoms with Crippen LogP contribution in [0.1, 0.15) is 116 Å². The normalized spacial score (nSPS) is 14.0. The fourth-order valence-corrected chi connectivity index (χ4v) is 10.4. The van der Waals surface area contributed by atoms with Crippen molar-refractivity contribution in [3.63, 3.8) is 0 Å². The molecule has 4 aromatic heterocycles. The van der Waals surface area contributed by atoms with Crippen LogP contribution in [0.2, 0.25) is 0 Å². The second-order valence-corrected chi connectivity index (χ2v) is 21.4. The van der Waals surface area contributed by atoms with Gasteiger partial charge in [-0.25, -0.2) is 0 Å². The third-order valence-electron chi connectivity index (χ3n) is 13.2. The first kappa shape index (κ1) is 35.7. The van der Waals surface area contributed by atoms with Crippen LogP contribution in [0.4, 0.5) is 0 Å². The number of hydrogen-bond acceptors (Lipinski definition) is 2. The van der Waals surface area contributed by atoms with E-state index in [0.717, 1.165) is 35.4 Å². The van der Waals surface area contributed by atoms with Gasteiger partial charge in [-0.1, -0.05) is 144 Å². The van der Waals surface area contributed by atoms with Gasteiger partial charge in [0.2, 0.25) is 0 Å². The molecule has 4 nitrogen and oxygen atoms in total. The summed E-state index contributed by atoms with van der Waals surface area (Å²) in [6, 6.07) is 31.9. The Balaban J connectivity index is 1.52. The first-order valence-corrected chi connectivity index (χ1v) is 21.2. The molecule has 0 saturated heterocycles. The van der Waals surface area contributed by atoms with Gasteiger partial charge in [-0.15, -0.1) is 0 Å². The van der Waals surface area contributed by atoms with E-state index in [2.05, 4.69) is 177 Å². The molecule has 0 aliphatic carbocycles. The zero-order valence-corrected chi connectivity index (χ0v) is 36.2. The molecule has 0 saturated carbocycles. The maximum absolute atomic E-state index is 7.51. The summed E-state index contributed by atoms with van der Waals surface area (Å²) in [5, 5.41) is 10.1. The Bertz CT molecular complexity index is 2980. The van der Waals surface area contributed by atoms with E-state index in [1.165, 1.54) is 98.5 Å². The van der Waals surface area contributed by atoms with Gasteiger partial charge in [-0.3, -0.25) is 0 Å². The summed E-state index contributed by atoms with van der Waals surface area (Å²) in [6.07, 6.45) is 0. The van der Waals surface area contributed by atoms with Gasteiger partial charge in [0.25, 0.3) is 0 Å². The van der Waals surface area contributed by atoms with Crippen molar-refractivity contribution >= 4 is 87.5 Å². The van der Waals surface area contributed by atoms with E-state index in [1.807, 2.05) is 0 Å². The maximum atomic E-state index is 7.51. The molecule has 11 rings (SSSR count).